The molecule has 0 radical (unpaired) electrons. The van der Waals surface area contributed by atoms with Crippen LogP contribution in [0.15, 0.2) is 12.3 Å². The van der Waals surface area contributed by atoms with Gasteiger partial charge < -0.3 is 14.5 Å². The van der Waals surface area contributed by atoms with Gasteiger partial charge in [-0.15, -0.1) is 0 Å². The molecule has 0 aromatic carbocycles. The Morgan fingerprint density at radius 1 is 1.26 bits per heavy atom. The van der Waals surface area contributed by atoms with Gasteiger partial charge in [0, 0.05) is 44.2 Å². The zero-order valence-corrected chi connectivity index (χ0v) is 14.3. The number of amides is 1. The molecular weight excluding hydrogens is 320 g/mol. The molecule has 1 aliphatic heterocycles. The summed E-state index contributed by atoms with van der Waals surface area (Å²) in [4.78, 5) is 24.1. The fourth-order valence-electron chi connectivity index (χ4n) is 2.25. The third-order valence-electron chi connectivity index (χ3n) is 3.61. The number of piperazine rings is 1. The Morgan fingerprint density at radius 3 is 2.57 bits per heavy atom. The molecular formula is C14H22N4O4S. The maximum absolute atomic E-state index is 12.0. The molecule has 8 nitrogen and oxygen atoms in total. The maximum atomic E-state index is 12.0. The first-order valence-electron chi connectivity index (χ1n) is 7.64. The van der Waals surface area contributed by atoms with E-state index in [4.69, 9.17) is 4.74 Å². The van der Waals surface area contributed by atoms with E-state index in [2.05, 4.69) is 9.97 Å². The molecule has 1 amide bonds. The second-order valence-electron chi connectivity index (χ2n) is 5.17. The predicted molar refractivity (Wildman–Crippen MR) is 86.3 cm³/mol. The fourth-order valence-corrected chi connectivity index (χ4v) is 3.01. The van der Waals surface area contributed by atoms with Crippen LogP contribution in [0.5, 0.6) is 5.88 Å². The number of anilines is 1. The number of hydrogen-bond acceptors (Lipinski definition) is 7. The Morgan fingerprint density at radius 2 is 1.96 bits per heavy atom. The third kappa shape index (κ3) is 4.78. The van der Waals surface area contributed by atoms with E-state index in [1.807, 2.05) is 11.8 Å². The summed E-state index contributed by atoms with van der Waals surface area (Å²) in [6.07, 6.45) is 1.64. The summed E-state index contributed by atoms with van der Waals surface area (Å²) >= 11 is 0. The van der Waals surface area contributed by atoms with Gasteiger partial charge in [-0.2, -0.15) is 4.98 Å². The van der Waals surface area contributed by atoms with Crippen LogP contribution >= 0.6 is 0 Å². The monoisotopic (exact) mass is 342 g/mol. The van der Waals surface area contributed by atoms with Gasteiger partial charge in [-0.05, 0) is 6.92 Å². The van der Waals surface area contributed by atoms with Gasteiger partial charge >= 0.3 is 0 Å². The molecule has 1 fully saturated rings. The first-order valence-corrected chi connectivity index (χ1v) is 9.46. The van der Waals surface area contributed by atoms with Crippen molar-refractivity contribution in [1.29, 1.82) is 0 Å². The lowest BCUT2D eigenvalue weighted by Crippen LogP contribution is -2.50. The number of hydrogen-bond donors (Lipinski definition) is 0. The SMILES string of the molecule is CCOc1ccnc(N2CCN(C(=O)CS(=O)(=O)CC)CC2)n1. The van der Waals surface area contributed by atoms with E-state index in [1.165, 1.54) is 0 Å². The molecule has 1 aromatic heterocycles. The largest absolute Gasteiger partial charge is 0.478 e. The van der Waals surface area contributed by atoms with Gasteiger partial charge in [0.25, 0.3) is 0 Å². The normalized spacial score (nSPS) is 15.6. The van der Waals surface area contributed by atoms with Gasteiger partial charge in [-0.25, -0.2) is 13.4 Å². The molecule has 0 atom stereocenters. The lowest BCUT2D eigenvalue weighted by Gasteiger charge is -2.34. The second kappa shape index (κ2) is 7.58. The van der Waals surface area contributed by atoms with Crippen LogP contribution < -0.4 is 9.64 Å². The van der Waals surface area contributed by atoms with Crippen molar-refractivity contribution in [3.05, 3.63) is 12.3 Å². The van der Waals surface area contributed by atoms with Gasteiger partial charge in [0.1, 0.15) is 5.75 Å². The minimum Gasteiger partial charge on any atom is -0.478 e. The van der Waals surface area contributed by atoms with E-state index in [9.17, 15) is 13.2 Å². The molecule has 2 heterocycles. The third-order valence-corrected chi connectivity index (χ3v) is 5.17. The van der Waals surface area contributed by atoms with Crippen molar-refractivity contribution in [3.63, 3.8) is 0 Å². The van der Waals surface area contributed by atoms with Gasteiger partial charge in [-0.1, -0.05) is 6.92 Å². The van der Waals surface area contributed by atoms with E-state index in [0.717, 1.165) is 0 Å². The molecule has 1 aliphatic rings. The highest BCUT2D eigenvalue weighted by molar-refractivity contribution is 7.92. The van der Waals surface area contributed by atoms with Crippen molar-refractivity contribution in [2.45, 2.75) is 13.8 Å². The Bertz CT molecular complexity index is 642. The highest BCUT2D eigenvalue weighted by atomic mass is 32.2. The molecule has 128 valence electrons. The standard InChI is InChI=1S/C14H22N4O4S/c1-3-22-12-5-6-15-14(16-12)18-9-7-17(8-10-18)13(19)11-23(20,21)4-2/h5-6H,3-4,7-11H2,1-2H3. The molecule has 0 unspecified atom stereocenters. The number of aromatic nitrogens is 2. The Hall–Kier alpha value is -1.90. The van der Waals surface area contributed by atoms with Crippen LogP contribution in [-0.2, 0) is 14.6 Å². The molecule has 0 aliphatic carbocycles. The summed E-state index contributed by atoms with van der Waals surface area (Å²) in [7, 11) is -3.29. The topological polar surface area (TPSA) is 92.7 Å². The number of nitrogens with zero attached hydrogens (tertiary/aromatic N) is 4. The van der Waals surface area contributed by atoms with Gasteiger partial charge in [-0.3, -0.25) is 4.79 Å². The number of rotatable bonds is 6. The highest BCUT2D eigenvalue weighted by Gasteiger charge is 2.25. The average molecular weight is 342 g/mol. The van der Waals surface area contributed by atoms with Crippen molar-refractivity contribution in [1.82, 2.24) is 14.9 Å². The van der Waals surface area contributed by atoms with Crippen LogP contribution in [0.25, 0.3) is 0 Å². The Balaban J connectivity index is 1.93. The van der Waals surface area contributed by atoms with E-state index < -0.39 is 15.6 Å². The van der Waals surface area contributed by atoms with E-state index >= 15 is 0 Å². The first kappa shape index (κ1) is 17.5. The molecule has 0 spiro atoms. The lowest BCUT2D eigenvalue weighted by molar-refractivity contribution is -0.128. The molecule has 23 heavy (non-hydrogen) atoms. The van der Waals surface area contributed by atoms with Crippen molar-refractivity contribution in [2.24, 2.45) is 0 Å². The fraction of sp³-hybridized carbons (Fsp3) is 0.643. The van der Waals surface area contributed by atoms with Crippen LogP contribution in [0, 0.1) is 0 Å². The summed E-state index contributed by atoms with van der Waals surface area (Å²) in [6.45, 7) is 6.01. The molecule has 0 bridgehead atoms. The molecule has 2 rings (SSSR count). The highest BCUT2D eigenvalue weighted by Crippen LogP contribution is 2.15. The minimum absolute atomic E-state index is 0.0171. The zero-order chi connectivity index (χ0) is 16.9. The number of carbonyl (C=O) groups excluding carboxylic acids is 1. The zero-order valence-electron chi connectivity index (χ0n) is 13.4. The number of carbonyl (C=O) groups is 1. The summed E-state index contributed by atoms with van der Waals surface area (Å²) < 4.78 is 28.4. The summed E-state index contributed by atoms with van der Waals surface area (Å²) in [5, 5.41) is 0. The minimum atomic E-state index is -3.29. The van der Waals surface area contributed by atoms with Crippen LogP contribution in [0.3, 0.4) is 0 Å². The van der Waals surface area contributed by atoms with Gasteiger partial charge in [0.15, 0.2) is 9.84 Å². The molecule has 1 aromatic rings. The lowest BCUT2D eigenvalue weighted by atomic mass is 10.3. The van der Waals surface area contributed by atoms with Crippen LogP contribution in [0.1, 0.15) is 13.8 Å². The second-order valence-corrected chi connectivity index (χ2v) is 7.53. The summed E-state index contributed by atoms with van der Waals surface area (Å²) in [5.74, 6) is 0.307. The van der Waals surface area contributed by atoms with E-state index in [0.29, 0.717) is 44.6 Å². The average Bonchev–Trinajstić information content (AvgIpc) is 2.55. The first-order chi connectivity index (χ1) is 10.9. The van der Waals surface area contributed by atoms with E-state index in [-0.39, 0.29) is 11.7 Å². The number of sulfone groups is 1. The van der Waals surface area contributed by atoms with Gasteiger partial charge in [0.05, 0.1) is 6.61 Å². The molecule has 0 saturated carbocycles. The summed E-state index contributed by atoms with van der Waals surface area (Å²) in [5.41, 5.74) is 0. The van der Waals surface area contributed by atoms with Gasteiger partial charge in [0.2, 0.25) is 17.7 Å². The molecule has 0 N–H and O–H groups in total. The quantitative estimate of drug-likeness (QED) is 0.716. The molecule has 1 saturated heterocycles. The van der Waals surface area contributed by atoms with Crippen LogP contribution in [0.4, 0.5) is 5.95 Å². The predicted octanol–water partition coefficient (Wildman–Crippen LogP) is -0.0414. The summed E-state index contributed by atoms with van der Waals surface area (Å²) in [6, 6.07) is 1.70. The van der Waals surface area contributed by atoms with Crippen molar-refractivity contribution in [2.75, 3.05) is 49.2 Å². The smallest absolute Gasteiger partial charge is 0.237 e. The Labute approximate surface area is 136 Å². The maximum Gasteiger partial charge on any atom is 0.237 e. The molecule has 9 heteroatoms. The van der Waals surface area contributed by atoms with Crippen molar-refractivity contribution >= 4 is 21.7 Å². The van der Waals surface area contributed by atoms with Crippen LogP contribution in [-0.4, -0.2) is 73.5 Å². The Kier molecular flexibility index (Phi) is 5.75. The van der Waals surface area contributed by atoms with Crippen molar-refractivity contribution < 1.29 is 17.9 Å². The van der Waals surface area contributed by atoms with Crippen LogP contribution in [0.2, 0.25) is 0 Å². The number of ether oxygens (including phenoxy) is 1. The van der Waals surface area contributed by atoms with Crippen molar-refractivity contribution in [3.8, 4) is 5.88 Å². The van der Waals surface area contributed by atoms with E-state index in [1.54, 1.807) is 24.1 Å².